The first-order valence-corrected chi connectivity index (χ1v) is 11.3. The second-order valence-corrected chi connectivity index (χ2v) is 8.97. The molecule has 0 bridgehead atoms. The third-order valence-electron chi connectivity index (χ3n) is 4.24. The lowest BCUT2D eigenvalue weighted by atomic mass is 10.1. The van der Waals surface area contributed by atoms with Crippen LogP contribution in [0.25, 0.3) is 0 Å². The van der Waals surface area contributed by atoms with Gasteiger partial charge in [-0.1, -0.05) is 30.7 Å². The molecule has 0 aromatic heterocycles. The highest BCUT2D eigenvalue weighted by Crippen LogP contribution is 2.21. The van der Waals surface area contributed by atoms with Crippen LogP contribution in [0, 0.1) is 0 Å². The number of anilines is 2. The van der Waals surface area contributed by atoms with Crippen molar-refractivity contribution < 1.29 is 18.0 Å². The molecule has 2 aromatic rings. The number of para-hydroxylation sites is 1. The second kappa shape index (κ2) is 9.76. The highest BCUT2D eigenvalue weighted by molar-refractivity contribution is 7.92. The molecule has 0 aliphatic rings. The fourth-order valence-corrected chi connectivity index (χ4v) is 3.50. The molecule has 0 radical (unpaired) electrons. The number of carbonyl (C=O) groups excluding carboxylic acids is 2. The van der Waals surface area contributed by atoms with E-state index in [1.807, 2.05) is 13.8 Å². The maximum Gasteiger partial charge on any atom is 0.253 e. The molecule has 0 fully saturated rings. The summed E-state index contributed by atoms with van der Waals surface area (Å²) in [6.45, 7) is 3.39. The standard InChI is InChI=1S/C20H24ClN3O4S/c1-4-14(2)22-20(26)17-7-5-6-8-18(17)23-19(25)13-24(29(3,27)28)16-11-9-15(21)10-12-16/h5-12,14H,4,13H2,1-3H3,(H,22,26)(H,23,25)/t14-/m1/s1. The number of nitrogens with zero attached hydrogens (tertiary/aromatic N) is 1. The average Bonchev–Trinajstić information content (AvgIpc) is 2.66. The van der Waals surface area contributed by atoms with Gasteiger partial charge in [-0.05, 0) is 49.7 Å². The van der Waals surface area contributed by atoms with E-state index in [-0.39, 0.29) is 11.9 Å². The fourth-order valence-electron chi connectivity index (χ4n) is 2.52. The Morgan fingerprint density at radius 1 is 1.10 bits per heavy atom. The molecule has 0 unspecified atom stereocenters. The van der Waals surface area contributed by atoms with E-state index in [0.29, 0.717) is 22.0 Å². The summed E-state index contributed by atoms with van der Waals surface area (Å²) in [5, 5.41) is 5.93. The number of halogens is 1. The van der Waals surface area contributed by atoms with Crippen LogP contribution in [0.2, 0.25) is 5.02 Å². The third-order valence-corrected chi connectivity index (χ3v) is 5.63. The zero-order valence-corrected chi connectivity index (χ0v) is 18.0. The smallest absolute Gasteiger partial charge is 0.253 e. The van der Waals surface area contributed by atoms with E-state index in [4.69, 9.17) is 11.6 Å². The van der Waals surface area contributed by atoms with Crippen LogP contribution in [0.3, 0.4) is 0 Å². The van der Waals surface area contributed by atoms with Crippen molar-refractivity contribution in [1.82, 2.24) is 5.32 Å². The Kier molecular flexibility index (Phi) is 7.64. The van der Waals surface area contributed by atoms with Crippen molar-refractivity contribution in [3.63, 3.8) is 0 Å². The van der Waals surface area contributed by atoms with Crippen LogP contribution in [0.4, 0.5) is 11.4 Å². The highest BCUT2D eigenvalue weighted by Gasteiger charge is 2.22. The van der Waals surface area contributed by atoms with E-state index in [0.717, 1.165) is 17.0 Å². The fraction of sp³-hybridized carbons (Fsp3) is 0.300. The number of sulfonamides is 1. The summed E-state index contributed by atoms with van der Waals surface area (Å²) in [6.07, 6.45) is 1.78. The van der Waals surface area contributed by atoms with Gasteiger partial charge in [0.2, 0.25) is 15.9 Å². The zero-order chi connectivity index (χ0) is 21.6. The first-order valence-electron chi connectivity index (χ1n) is 9.04. The van der Waals surface area contributed by atoms with Gasteiger partial charge in [-0.25, -0.2) is 8.42 Å². The molecule has 9 heteroatoms. The Balaban J connectivity index is 2.21. The van der Waals surface area contributed by atoms with Crippen LogP contribution in [0.15, 0.2) is 48.5 Å². The van der Waals surface area contributed by atoms with Gasteiger partial charge in [0.1, 0.15) is 6.54 Å². The Morgan fingerprint density at radius 2 is 1.72 bits per heavy atom. The quantitative estimate of drug-likeness (QED) is 0.662. The van der Waals surface area contributed by atoms with Gasteiger partial charge in [0.05, 0.1) is 23.2 Å². The number of carbonyl (C=O) groups is 2. The van der Waals surface area contributed by atoms with E-state index in [1.165, 1.54) is 12.1 Å². The van der Waals surface area contributed by atoms with E-state index in [1.54, 1.807) is 36.4 Å². The molecule has 29 heavy (non-hydrogen) atoms. The van der Waals surface area contributed by atoms with Gasteiger partial charge in [-0.2, -0.15) is 0 Å². The molecule has 0 aliphatic carbocycles. The number of benzene rings is 2. The maximum atomic E-state index is 12.6. The summed E-state index contributed by atoms with van der Waals surface area (Å²) in [4.78, 5) is 25.1. The van der Waals surface area contributed by atoms with Crippen LogP contribution < -0.4 is 14.9 Å². The van der Waals surface area contributed by atoms with Crippen LogP contribution in [0.5, 0.6) is 0 Å². The topological polar surface area (TPSA) is 95.6 Å². The summed E-state index contributed by atoms with van der Waals surface area (Å²) in [5.74, 6) is -0.887. The molecule has 2 amide bonds. The predicted octanol–water partition coefficient (Wildman–Crippen LogP) is 3.27. The largest absolute Gasteiger partial charge is 0.350 e. The van der Waals surface area contributed by atoms with Crippen LogP contribution in [0.1, 0.15) is 30.6 Å². The van der Waals surface area contributed by atoms with Gasteiger partial charge in [0, 0.05) is 11.1 Å². The van der Waals surface area contributed by atoms with Crippen molar-refractivity contribution in [3.05, 3.63) is 59.1 Å². The predicted molar refractivity (Wildman–Crippen MR) is 116 cm³/mol. The summed E-state index contributed by atoms with van der Waals surface area (Å²) < 4.78 is 25.3. The molecular formula is C20H24ClN3O4S. The van der Waals surface area contributed by atoms with Crippen molar-refractivity contribution in [2.45, 2.75) is 26.3 Å². The van der Waals surface area contributed by atoms with Crippen molar-refractivity contribution in [2.24, 2.45) is 0 Å². The molecular weight excluding hydrogens is 414 g/mol. The Labute approximate surface area is 176 Å². The number of rotatable bonds is 8. The lowest BCUT2D eigenvalue weighted by Crippen LogP contribution is -2.38. The van der Waals surface area contributed by atoms with E-state index in [2.05, 4.69) is 10.6 Å². The van der Waals surface area contributed by atoms with Gasteiger partial charge >= 0.3 is 0 Å². The summed E-state index contributed by atoms with van der Waals surface area (Å²) in [7, 11) is -3.71. The van der Waals surface area contributed by atoms with E-state index in [9.17, 15) is 18.0 Å². The summed E-state index contributed by atoms with van der Waals surface area (Å²) in [5.41, 5.74) is 0.927. The Bertz CT molecular complexity index is 977. The number of amides is 2. The van der Waals surface area contributed by atoms with Crippen LogP contribution >= 0.6 is 11.6 Å². The van der Waals surface area contributed by atoms with Gasteiger partial charge in [-0.3, -0.25) is 13.9 Å². The highest BCUT2D eigenvalue weighted by atomic mass is 35.5. The molecule has 2 aromatic carbocycles. The van der Waals surface area contributed by atoms with E-state index >= 15 is 0 Å². The van der Waals surface area contributed by atoms with Crippen LogP contribution in [-0.2, 0) is 14.8 Å². The SMILES string of the molecule is CC[C@@H](C)NC(=O)c1ccccc1NC(=O)CN(c1ccc(Cl)cc1)S(C)(=O)=O. The van der Waals surface area contributed by atoms with Gasteiger partial charge in [0.15, 0.2) is 0 Å². The lowest BCUT2D eigenvalue weighted by molar-refractivity contribution is -0.114. The average molecular weight is 438 g/mol. The second-order valence-electron chi connectivity index (χ2n) is 6.62. The van der Waals surface area contributed by atoms with Gasteiger partial charge in [-0.15, -0.1) is 0 Å². The molecule has 156 valence electrons. The minimum Gasteiger partial charge on any atom is -0.350 e. The minimum absolute atomic E-state index is 0.0168. The molecule has 2 rings (SSSR count). The first kappa shape index (κ1) is 22.7. The Hall–Kier alpha value is -2.58. The molecule has 7 nitrogen and oxygen atoms in total. The summed E-state index contributed by atoms with van der Waals surface area (Å²) >= 11 is 5.85. The van der Waals surface area contributed by atoms with Crippen LogP contribution in [-0.4, -0.2) is 39.1 Å². The number of hydrogen-bond acceptors (Lipinski definition) is 4. The van der Waals surface area contributed by atoms with Crippen molar-refractivity contribution in [3.8, 4) is 0 Å². The molecule has 0 spiro atoms. The van der Waals surface area contributed by atoms with Gasteiger partial charge < -0.3 is 10.6 Å². The number of nitrogens with one attached hydrogen (secondary N) is 2. The number of hydrogen-bond donors (Lipinski definition) is 2. The van der Waals surface area contributed by atoms with Crippen molar-refractivity contribution in [1.29, 1.82) is 0 Å². The van der Waals surface area contributed by atoms with Crippen molar-refractivity contribution in [2.75, 3.05) is 22.4 Å². The molecule has 1 atom stereocenters. The normalized spacial score (nSPS) is 12.1. The molecule has 0 aliphatic heterocycles. The van der Waals surface area contributed by atoms with Crippen molar-refractivity contribution >= 4 is 44.8 Å². The third kappa shape index (κ3) is 6.47. The monoisotopic (exact) mass is 437 g/mol. The van der Waals surface area contributed by atoms with Gasteiger partial charge in [0.25, 0.3) is 5.91 Å². The van der Waals surface area contributed by atoms with E-state index < -0.39 is 22.5 Å². The maximum absolute atomic E-state index is 12.6. The summed E-state index contributed by atoms with van der Waals surface area (Å²) in [6, 6.07) is 12.7. The lowest BCUT2D eigenvalue weighted by Gasteiger charge is -2.22. The zero-order valence-electron chi connectivity index (χ0n) is 16.5. The molecule has 0 heterocycles. The molecule has 0 saturated carbocycles. The first-order chi connectivity index (χ1) is 13.6. The molecule has 0 saturated heterocycles. The molecule has 2 N–H and O–H groups in total. The Morgan fingerprint density at radius 3 is 2.31 bits per heavy atom. The minimum atomic E-state index is -3.71.